The molecule has 3 rings (SSSR count). The molecule has 2 amide bonds. The lowest BCUT2D eigenvalue weighted by atomic mass is 10.0. The molecule has 1 aromatic rings. The van der Waals surface area contributed by atoms with Crippen LogP contribution in [0.15, 0.2) is 29.0 Å². The van der Waals surface area contributed by atoms with Gasteiger partial charge in [-0.15, -0.1) is 23.1 Å². The van der Waals surface area contributed by atoms with Crippen LogP contribution in [0.4, 0.5) is 13.2 Å². The Morgan fingerprint density at radius 1 is 1.38 bits per heavy atom. The molecule has 15 heteroatoms. The van der Waals surface area contributed by atoms with Crippen LogP contribution in [0.25, 0.3) is 0 Å². The van der Waals surface area contributed by atoms with E-state index in [0.717, 1.165) is 16.6 Å². The maximum absolute atomic E-state index is 12.5. The number of amides is 2. The van der Waals surface area contributed by atoms with Crippen molar-refractivity contribution in [1.82, 2.24) is 10.2 Å². The molecular formula is C14H11F3N2O7S3. The number of fused-ring (bicyclic) bond motifs is 1. The lowest BCUT2D eigenvalue weighted by Gasteiger charge is -2.48. The average Bonchev–Trinajstić information content (AvgIpc) is 3.10. The zero-order chi connectivity index (χ0) is 21.6. The Morgan fingerprint density at radius 2 is 2.07 bits per heavy atom. The van der Waals surface area contributed by atoms with Crippen molar-refractivity contribution in [3.63, 3.8) is 0 Å². The fraction of sp³-hybridized carbons (Fsp3) is 0.357. The minimum atomic E-state index is -6.10. The van der Waals surface area contributed by atoms with Crippen LogP contribution >= 0.6 is 23.1 Å². The zero-order valence-electron chi connectivity index (χ0n) is 14.0. The van der Waals surface area contributed by atoms with E-state index in [2.05, 4.69) is 9.50 Å². The van der Waals surface area contributed by atoms with Crippen molar-refractivity contribution in [2.75, 3.05) is 5.75 Å². The highest BCUT2D eigenvalue weighted by molar-refractivity contribution is 8.00. The molecule has 1 aromatic heterocycles. The minimum absolute atomic E-state index is 0.00134. The Hall–Kier alpha value is -2.26. The molecule has 0 aliphatic carbocycles. The van der Waals surface area contributed by atoms with Gasteiger partial charge in [-0.05, 0) is 11.4 Å². The molecule has 0 spiro atoms. The maximum Gasteiger partial charge on any atom is 0.534 e. The molecule has 2 aliphatic rings. The van der Waals surface area contributed by atoms with Crippen molar-refractivity contribution < 1.29 is 45.3 Å². The number of hydrogen-bond acceptors (Lipinski definition) is 8. The SMILES string of the molecule is O=C(Cc1cccs1)N[C@@H]1C(=O)N2C(C(=O)O)=C(OS(=O)(=O)C(F)(F)F)CS[C@H]12. The highest BCUT2D eigenvalue weighted by Crippen LogP contribution is 2.42. The number of aliphatic carboxylic acids is 1. The molecule has 0 bridgehead atoms. The summed E-state index contributed by atoms with van der Waals surface area (Å²) in [6.45, 7) is 0. The smallest absolute Gasteiger partial charge is 0.476 e. The monoisotopic (exact) mass is 472 g/mol. The van der Waals surface area contributed by atoms with Crippen LogP contribution in [-0.2, 0) is 35.1 Å². The van der Waals surface area contributed by atoms with Crippen molar-refractivity contribution in [3.8, 4) is 0 Å². The third-order valence-electron chi connectivity index (χ3n) is 3.86. The molecule has 29 heavy (non-hydrogen) atoms. The van der Waals surface area contributed by atoms with Crippen LogP contribution in [0.3, 0.4) is 0 Å². The number of carbonyl (C=O) groups is 3. The molecule has 0 aromatic carbocycles. The molecule has 3 heterocycles. The van der Waals surface area contributed by atoms with Crippen molar-refractivity contribution in [1.29, 1.82) is 0 Å². The Kier molecular flexibility index (Phi) is 5.57. The second-order valence-electron chi connectivity index (χ2n) is 5.77. The molecule has 0 unspecified atom stereocenters. The second-order valence-corrected chi connectivity index (χ2v) is 9.45. The summed E-state index contributed by atoms with van der Waals surface area (Å²) in [5.74, 6) is -4.80. The molecule has 158 valence electrons. The summed E-state index contributed by atoms with van der Waals surface area (Å²) in [6.07, 6.45) is -0.00134. The molecule has 9 nitrogen and oxygen atoms in total. The maximum atomic E-state index is 12.5. The van der Waals surface area contributed by atoms with E-state index in [1.165, 1.54) is 11.3 Å². The quantitative estimate of drug-likeness (QED) is 0.354. The van der Waals surface area contributed by atoms with Gasteiger partial charge in [0.25, 0.3) is 5.91 Å². The zero-order valence-corrected chi connectivity index (χ0v) is 16.5. The number of nitrogens with zero attached hydrogens (tertiary/aromatic N) is 1. The number of thioether (sulfide) groups is 1. The van der Waals surface area contributed by atoms with Crippen molar-refractivity contribution in [2.24, 2.45) is 0 Å². The summed E-state index contributed by atoms with van der Waals surface area (Å²) < 4.78 is 63.9. The van der Waals surface area contributed by atoms with E-state index in [9.17, 15) is 41.1 Å². The Balaban J connectivity index is 1.78. The number of hydrogen-bond donors (Lipinski definition) is 2. The number of β-lactam (4-membered cyclic amide) rings is 1. The Labute approximate surface area is 169 Å². The summed E-state index contributed by atoms with van der Waals surface area (Å²) in [6, 6.07) is 2.36. The van der Waals surface area contributed by atoms with Crippen molar-refractivity contribution >= 4 is 51.0 Å². The number of carbonyl (C=O) groups excluding carboxylic acids is 2. The summed E-state index contributed by atoms with van der Waals surface area (Å²) in [5, 5.41) is 12.6. The normalized spacial score (nSPS) is 22.0. The first-order valence-electron chi connectivity index (χ1n) is 7.66. The molecule has 0 radical (unpaired) electrons. The molecular weight excluding hydrogens is 461 g/mol. The first-order valence-corrected chi connectivity index (χ1v) is 11.0. The van der Waals surface area contributed by atoms with Crippen LogP contribution in [0.2, 0.25) is 0 Å². The Morgan fingerprint density at radius 3 is 2.62 bits per heavy atom. The van der Waals surface area contributed by atoms with Gasteiger partial charge < -0.3 is 14.6 Å². The predicted octanol–water partition coefficient (Wildman–Crippen LogP) is 0.853. The summed E-state index contributed by atoms with van der Waals surface area (Å²) in [7, 11) is -6.10. The van der Waals surface area contributed by atoms with Gasteiger partial charge in [-0.3, -0.25) is 14.5 Å². The van der Waals surface area contributed by atoms with Gasteiger partial charge >= 0.3 is 21.6 Å². The predicted molar refractivity (Wildman–Crippen MR) is 93.8 cm³/mol. The first kappa shape index (κ1) is 21.4. The van der Waals surface area contributed by atoms with Gasteiger partial charge in [0, 0.05) is 4.88 Å². The van der Waals surface area contributed by atoms with E-state index in [-0.39, 0.29) is 6.42 Å². The number of carboxylic acid groups (broad SMARTS) is 1. The van der Waals surface area contributed by atoms with Crippen molar-refractivity contribution in [3.05, 3.63) is 33.8 Å². The van der Waals surface area contributed by atoms with Gasteiger partial charge in [0.15, 0.2) is 11.5 Å². The van der Waals surface area contributed by atoms with E-state index in [1.807, 2.05) is 0 Å². The van der Waals surface area contributed by atoms with Gasteiger partial charge in [0.05, 0.1) is 12.2 Å². The first-order chi connectivity index (χ1) is 13.4. The molecule has 2 aliphatic heterocycles. The fourth-order valence-corrected chi connectivity index (χ4v) is 5.16. The summed E-state index contributed by atoms with van der Waals surface area (Å²) in [4.78, 5) is 37.2. The highest BCUT2D eigenvalue weighted by atomic mass is 32.2. The topological polar surface area (TPSA) is 130 Å². The number of carboxylic acids is 1. The number of alkyl halides is 3. The van der Waals surface area contributed by atoms with Gasteiger partial charge in [-0.25, -0.2) is 4.79 Å². The summed E-state index contributed by atoms with van der Waals surface area (Å²) >= 11 is 2.10. The molecule has 2 atom stereocenters. The van der Waals surface area contributed by atoms with E-state index < -0.39 is 62.0 Å². The molecule has 2 N–H and O–H groups in total. The van der Waals surface area contributed by atoms with Crippen LogP contribution in [0.5, 0.6) is 0 Å². The second kappa shape index (κ2) is 7.53. The minimum Gasteiger partial charge on any atom is -0.476 e. The lowest BCUT2D eigenvalue weighted by molar-refractivity contribution is -0.151. The van der Waals surface area contributed by atoms with Gasteiger partial charge in [-0.1, -0.05) is 6.07 Å². The van der Waals surface area contributed by atoms with Crippen LogP contribution in [-0.4, -0.2) is 58.9 Å². The van der Waals surface area contributed by atoms with Crippen molar-refractivity contribution in [2.45, 2.75) is 23.3 Å². The van der Waals surface area contributed by atoms with Gasteiger partial charge in [0.2, 0.25) is 5.91 Å². The third-order valence-corrected chi connectivity index (χ3v) is 6.98. The number of halogens is 3. The number of thiophene rings is 1. The standard InChI is InChI=1S/C14H11F3N2O7S3/c15-14(16,17)29(24,25)26-7-5-28-12-9(11(21)19(12)10(7)13(22)23)18-8(20)4-6-2-1-3-27-6/h1-3,9,12H,4-5H2,(H,18,20)(H,22,23)/t9-,12-/m1/s1. The highest BCUT2D eigenvalue weighted by Gasteiger charge is 2.56. The van der Waals surface area contributed by atoms with Crippen LogP contribution in [0, 0.1) is 0 Å². The van der Waals surface area contributed by atoms with Gasteiger partial charge in [-0.2, -0.15) is 21.6 Å². The largest absolute Gasteiger partial charge is 0.534 e. The third kappa shape index (κ3) is 4.06. The molecule has 1 fully saturated rings. The van der Waals surface area contributed by atoms with E-state index in [1.54, 1.807) is 17.5 Å². The van der Waals surface area contributed by atoms with Crippen LogP contribution in [0.1, 0.15) is 4.88 Å². The fourth-order valence-electron chi connectivity index (χ4n) is 2.63. The Bertz CT molecular complexity index is 989. The molecule has 0 saturated carbocycles. The number of nitrogens with one attached hydrogen (secondary N) is 1. The van der Waals surface area contributed by atoms with E-state index in [0.29, 0.717) is 4.90 Å². The lowest BCUT2D eigenvalue weighted by Crippen LogP contribution is -2.70. The molecule has 1 saturated heterocycles. The van der Waals surface area contributed by atoms with E-state index in [4.69, 9.17) is 0 Å². The van der Waals surface area contributed by atoms with E-state index >= 15 is 0 Å². The average molecular weight is 472 g/mol. The number of rotatable bonds is 6. The van der Waals surface area contributed by atoms with Crippen LogP contribution < -0.4 is 5.32 Å². The van der Waals surface area contributed by atoms with Gasteiger partial charge in [0.1, 0.15) is 11.4 Å². The summed E-state index contributed by atoms with van der Waals surface area (Å²) in [5.41, 5.74) is -6.77.